The van der Waals surface area contributed by atoms with Crippen LogP contribution in [0.15, 0.2) is 0 Å². The first-order chi connectivity index (χ1) is 11.6. The van der Waals surface area contributed by atoms with Gasteiger partial charge in [0.25, 0.3) is 15.6 Å². The summed E-state index contributed by atoms with van der Waals surface area (Å²) in [5, 5.41) is 2.51. The molecule has 0 aliphatic carbocycles. The monoisotopic (exact) mass is 428 g/mol. The van der Waals surface area contributed by atoms with Crippen molar-refractivity contribution in [2.45, 2.75) is 31.5 Å². The molecule has 0 fully saturated rings. The number of anilines is 1. The molecule has 25 heavy (non-hydrogen) atoms. The quantitative estimate of drug-likeness (QED) is 0.547. The summed E-state index contributed by atoms with van der Waals surface area (Å²) in [5.74, 6) is -1.83. The largest absolute Gasteiger partial charge is 0.462 e. The fourth-order valence-corrected chi connectivity index (χ4v) is 3.38. The Kier molecular flexibility index (Phi) is 7.99. The molecule has 0 aromatic carbocycles. The first-order valence-corrected chi connectivity index (χ1v) is 9.51. The Bertz CT molecular complexity index is 666. The van der Waals surface area contributed by atoms with E-state index in [2.05, 4.69) is 5.32 Å². The summed E-state index contributed by atoms with van der Waals surface area (Å²) >= 11 is 17.6. The van der Waals surface area contributed by atoms with Crippen LogP contribution in [-0.2, 0) is 9.53 Å². The van der Waals surface area contributed by atoms with Gasteiger partial charge in [0.2, 0.25) is 0 Å². The topological polar surface area (TPSA) is 75.7 Å². The zero-order valence-electron chi connectivity index (χ0n) is 14.2. The number of thiophene rings is 1. The first-order valence-electron chi connectivity index (χ1n) is 7.56. The van der Waals surface area contributed by atoms with Crippen LogP contribution in [0.5, 0.6) is 0 Å². The lowest BCUT2D eigenvalue weighted by Gasteiger charge is -2.18. The number of halogens is 3. The van der Waals surface area contributed by atoms with E-state index < -0.39 is 15.7 Å². The van der Waals surface area contributed by atoms with E-state index >= 15 is 0 Å². The van der Waals surface area contributed by atoms with Gasteiger partial charge in [-0.2, -0.15) is 0 Å². The van der Waals surface area contributed by atoms with Gasteiger partial charge in [-0.25, -0.2) is 4.79 Å². The molecule has 0 aliphatic rings. The molecule has 0 atom stereocenters. The SMILES string of the molecule is CCOC(=O)c1c(NC(=O)C(Cl)(Cl)Cl)sc(C(=O)N(CC)CC)c1C. The highest BCUT2D eigenvalue weighted by Gasteiger charge is 2.34. The number of rotatable bonds is 6. The van der Waals surface area contributed by atoms with E-state index in [-0.39, 0.29) is 23.1 Å². The molecule has 1 N–H and O–H groups in total. The summed E-state index contributed by atoms with van der Waals surface area (Å²) in [6.07, 6.45) is 0. The number of carbonyl (C=O) groups excluding carboxylic acids is 3. The van der Waals surface area contributed by atoms with Crippen LogP contribution in [0.25, 0.3) is 0 Å². The smallest absolute Gasteiger partial charge is 0.341 e. The molecule has 0 radical (unpaired) electrons. The fourth-order valence-electron chi connectivity index (χ4n) is 2.08. The average molecular weight is 430 g/mol. The van der Waals surface area contributed by atoms with Gasteiger partial charge in [0.05, 0.1) is 17.0 Å². The molecular weight excluding hydrogens is 411 g/mol. The molecule has 0 saturated heterocycles. The number of alkyl halides is 3. The van der Waals surface area contributed by atoms with Gasteiger partial charge in [-0.1, -0.05) is 34.8 Å². The third kappa shape index (κ3) is 5.23. The van der Waals surface area contributed by atoms with Gasteiger partial charge in [0, 0.05) is 13.1 Å². The predicted octanol–water partition coefficient (Wildman–Crippen LogP) is 4.02. The van der Waals surface area contributed by atoms with E-state index in [1.807, 2.05) is 13.8 Å². The van der Waals surface area contributed by atoms with Gasteiger partial charge in [-0.15, -0.1) is 11.3 Å². The number of esters is 1. The van der Waals surface area contributed by atoms with Crippen molar-refractivity contribution in [3.05, 3.63) is 16.0 Å². The molecule has 1 rings (SSSR count). The van der Waals surface area contributed by atoms with Crippen LogP contribution in [0, 0.1) is 6.92 Å². The van der Waals surface area contributed by atoms with Gasteiger partial charge in [-0.05, 0) is 33.3 Å². The minimum Gasteiger partial charge on any atom is -0.462 e. The lowest BCUT2D eigenvalue weighted by atomic mass is 10.1. The lowest BCUT2D eigenvalue weighted by Crippen LogP contribution is -2.30. The minimum atomic E-state index is -2.20. The Morgan fingerprint density at radius 1 is 1.16 bits per heavy atom. The van der Waals surface area contributed by atoms with Crippen LogP contribution in [0.1, 0.15) is 46.4 Å². The minimum absolute atomic E-state index is 0.0879. The molecule has 0 spiro atoms. The molecule has 2 amide bonds. The van der Waals surface area contributed by atoms with E-state index in [9.17, 15) is 14.4 Å². The number of ether oxygens (including phenoxy) is 1. The van der Waals surface area contributed by atoms with Crippen LogP contribution in [0.4, 0.5) is 5.00 Å². The Morgan fingerprint density at radius 3 is 2.16 bits per heavy atom. The third-order valence-corrected chi connectivity index (χ3v) is 5.07. The first kappa shape index (κ1) is 22.0. The van der Waals surface area contributed by atoms with Crippen LogP contribution in [0.3, 0.4) is 0 Å². The van der Waals surface area contributed by atoms with Crippen molar-refractivity contribution in [3.63, 3.8) is 0 Å². The van der Waals surface area contributed by atoms with Crippen LogP contribution in [0.2, 0.25) is 0 Å². The summed E-state index contributed by atoms with van der Waals surface area (Å²) in [5.41, 5.74) is 0.505. The highest BCUT2D eigenvalue weighted by atomic mass is 35.6. The summed E-state index contributed by atoms with van der Waals surface area (Å²) < 4.78 is 2.81. The van der Waals surface area contributed by atoms with Gasteiger partial charge in [0.15, 0.2) is 0 Å². The number of nitrogens with zero attached hydrogens (tertiary/aromatic N) is 1. The molecule has 6 nitrogen and oxygen atoms in total. The molecule has 1 heterocycles. The second-order valence-corrected chi connectivity index (χ2v) is 8.21. The van der Waals surface area contributed by atoms with Crippen molar-refractivity contribution >= 4 is 68.9 Å². The maximum absolute atomic E-state index is 12.6. The standard InChI is InChI=1S/C15H19Cl3N2O4S/c1-5-20(6-2)12(21)10-8(4)9(13(22)24-7-3)11(25-10)19-14(23)15(16,17)18/h5-7H2,1-4H3,(H,19,23). The van der Waals surface area contributed by atoms with Gasteiger partial charge >= 0.3 is 5.97 Å². The highest BCUT2D eigenvalue weighted by Crippen LogP contribution is 2.36. The number of carbonyl (C=O) groups is 3. The van der Waals surface area contributed by atoms with Crippen molar-refractivity contribution in [3.8, 4) is 0 Å². The van der Waals surface area contributed by atoms with Crippen molar-refractivity contribution in [1.82, 2.24) is 4.90 Å². The highest BCUT2D eigenvalue weighted by molar-refractivity contribution is 7.18. The van der Waals surface area contributed by atoms with Crippen LogP contribution >= 0.6 is 46.1 Å². The molecule has 0 unspecified atom stereocenters. The van der Waals surface area contributed by atoms with Gasteiger partial charge in [-0.3, -0.25) is 9.59 Å². The molecule has 140 valence electrons. The molecule has 1 aromatic heterocycles. The van der Waals surface area contributed by atoms with Gasteiger partial charge < -0.3 is 15.0 Å². The average Bonchev–Trinajstić information content (AvgIpc) is 2.84. The van der Waals surface area contributed by atoms with E-state index in [4.69, 9.17) is 39.5 Å². The molecule has 0 saturated carbocycles. The summed E-state index contributed by atoms with van der Waals surface area (Å²) in [7, 11) is 0. The number of nitrogens with one attached hydrogen (secondary N) is 1. The predicted molar refractivity (Wildman–Crippen MR) is 101 cm³/mol. The Morgan fingerprint density at radius 2 is 1.72 bits per heavy atom. The second-order valence-electron chi connectivity index (χ2n) is 4.91. The Balaban J connectivity index is 3.39. The number of amides is 2. The van der Waals surface area contributed by atoms with Crippen molar-refractivity contribution < 1.29 is 19.1 Å². The van der Waals surface area contributed by atoms with E-state index in [1.165, 1.54) is 0 Å². The van der Waals surface area contributed by atoms with E-state index in [1.54, 1.807) is 18.7 Å². The number of hydrogen-bond donors (Lipinski definition) is 1. The zero-order chi connectivity index (χ0) is 19.4. The molecule has 1 aromatic rings. The Hall–Kier alpha value is -1.02. The Labute approximate surface area is 165 Å². The lowest BCUT2D eigenvalue weighted by molar-refractivity contribution is -0.115. The normalized spacial score (nSPS) is 11.2. The van der Waals surface area contributed by atoms with Crippen LogP contribution in [-0.4, -0.2) is 46.2 Å². The molecule has 0 bridgehead atoms. The summed E-state index contributed by atoms with van der Waals surface area (Å²) in [6, 6.07) is 0. The maximum Gasteiger partial charge on any atom is 0.341 e. The molecular formula is C15H19Cl3N2O4S. The summed E-state index contributed by atoms with van der Waals surface area (Å²) in [4.78, 5) is 38.8. The second kappa shape index (κ2) is 9.07. The molecule has 10 heteroatoms. The fraction of sp³-hybridized carbons (Fsp3) is 0.533. The van der Waals surface area contributed by atoms with Crippen molar-refractivity contribution in [2.24, 2.45) is 0 Å². The van der Waals surface area contributed by atoms with E-state index in [0.717, 1.165) is 11.3 Å². The summed E-state index contributed by atoms with van der Waals surface area (Å²) in [6.45, 7) is 8.13. The zero-order valence-corrected chi connectivity index (χ0v) is 17.3. The van der Waals surface area contributed by atoms with Crippen molar-refractivity contribution in [2.75, 3.05) is 25.0 Å². The van der Waals surface area contributed by atoms with Gasteiger partial charge in [0.1, 0.15) is 5.00 Å². The molecule has 0 aliphatic heterocycles. The number of hydrogen-bond acceptors (Lipinski definition) is 5. The van der Waals surface area contributed by atoms with Crippen molar-refractivity contribution in [1.29, 1.82) is 0 Å². The third-order valence-electron chi connectivity index (χ3n) is 3.36. The van der Waals surface area contributed by atoms with E-state index in [0.29, 0.717) is 23.5 Å². The maximum atomic E-state index is 12.6. The van der Waals surface area contributed by atoms with Crippen LogP contribution < -0.4 is 5.32 Å².